The van der Waals surface area contributed by atoms with Crippen LogP contribution in [0.3, 0.4) is 0 Å². The van der Waals surface area contributed by atoms with E-state index >= 15 is 0 Å². The summed E-state index contributed by atoms with van der Waals surface area (Å²) in [5.41, 5.74) is 2.12. The molecule has 0 bridgehead atoms. The van der Waals surface area contributed by atoms with Crippen molar-refractivity contribution in [3.8, 4) is 0 Å². The lowest BCUT2D eigenvalue weighted by molar-refractivity contribution is 0.617. The zero-order valence-electron chi connectivity index (χ0n) is 10.1. The van der Waals surface area contributed by atoms with Crippen molar-refractivity contribution < 1.29 is 4.42 Å². The Kier molecular flexibility index (Phi) is 2.37. The molecule has 0 aliphatic heterocycles. The van der Waals surface area contributed by atoms with E-state index in [0.29, 0.717) is 22.1 Å². The minimum absolute atomic E-state index is 0.576. The van der Waals surface area contributed by atoms with E-state index in [-0.39, 0.29) is 0 Å². The highest BCUT2D eigenvalue weighted by molar-refractivity contribution is 6.35. The number of anilines is 2. The van der Waals surface area contributed by atoms with Gasteiger partial charge in [0.2, 0.25) is 0 Å². The lowest BCUT2D eigenvalue weighted by atomic mass is 10.2. The van der Waals surface area contributed by atoms with Crippen molar-refractivity contribution in [1.29, 1.82) is 0 Å². The SMILES string of the molecule is Clc1cccc2c(Nc3ncnc4[nH]ncc34)coc12. The molecule has 0 saturated carbocycles. The molecule has 7 heteroatoms. The van der Waals surface area contributed by atoms with Crippen LogP contribution < -0.4 is 5.32 Å². The molecule has 0 unspecified atom stereocenters. The van der Waals surface area contributed by atoms with Crippen LogP contribution in [0.5, 0.6) is 0 Å². The summed E-state index contributed by atoms with van der Waals surface area (Å²) in [6.07, 6.45) is 4.76. The zero-order chi connectivity index (χ0) is 13.5. The van der Waals surface area contributed by atoms with Gasteiger partial charge in [0, 0.05) is 5.39 Å². The fourth-order valence-corrected chi connectivity index (χ4v) is 2.33. The number of aromatic amines is 1. The van der Waals surface area contributed by atoms with Crippen LogP contribution in [-0.2, 0) is 0 Å². The molecular weight excluding hydrogens is 278 g/mol. The third-order valence-electron chi connectivity index (χ3n) is 3.05. The number of benzene rings is 1. The summed E-state index contributed by atoms with van der Waals surface area (Å²) in [6, 6.07) is 5.59. The molecule has 0 saturated heterocycles. The first kappa shape index (κ1) is 11.2. The van der Waals surface area contributed by atoms with Gasteiger partial charge in [-0.2, -0.15) is 5.10 Å². The fraction of sp³-hybridized carbons (Fsp3) is 0. The molecule has 20 heavy (non-hydrogen) atoms. The van der Waals surface area contributed by atoms with Gasteiger partial charge in [-0.05, 0) is 12.1 Å². The summed E-state index contributed by atoms with van der Waals surface area (Å²) in [7, 11) is 0. The van der Waals surface area contributed by atoms with E-state index in [4.69, 9.17) is 16.0 Å². The van der Waals surface area contributed by atoms with Crippen LogP contribution in [0.15, 0.2) is 41.4 Å². The highest BCUT2D eigenvalue weighted by Gasteiger charge is 2.11. The van der Waals surface area contributed by atoms with Gasteiger partial charge in [0.15, 0.2) is 11.2 Å². The quantitative estimate of drug-likeness (QED) is 0.589. The number of fused-ring (bicyclic) bond motifs is 2. The predicted molar refractivity (Wildman–Crippen MR) is 76.2 cm³/mol. The molecule has 0 radical (unpaired) electrons. The maximum Gasteiger partial charge on any atom is 0.160 e. The summed E-state index contributed by atoms with van der Waals surface area (Å²) < 4.78 is 5.48. The average molecular weight is 286 g/mol. The number of hydrogen-bond acceptors (Lipinski definition) is 5. The van der Waals surface area contributed by atoms with E-state index in [1.54, 1.807) is 18.5 Å². The van der Waals surface area contributed by atoms with Gasteiger partial charge in [-0.3, -0.25) is 5.10 Å². The molecule has 0 aliphatic rings. The van der Waals surface area contributed by atoms with Crippen molar-refractivity contribution in [3.05, 3.63) is 42.0 Å². The fourth-order valence-electron chi connectivity index (χ4n) is 2.11. The highest BCUT2D eigenvalue weighted by Crippen LogP contribution is 2.33. The normalized spacial score (nSPS) is 11.2. The second kappa shape index (κ2) is 4.21. The number of H-pyrrole nitrogens is 1. The van der Waals surface area contributed by atoms with Crippen molar-refractivity contribution in [2.75, 3.05) is 5.32 Å². The summed E-state index contributed by atoms with van der Waals surface area (Å²) in [5.74, 6) is 0.659. The number of furan rings is 1. The molecule has 0 atom stereocenters. The zero-order valence-corrected chi connectivity index (χ0v) is 10.8. The van der Waals surface area contributed by atoms with Gasteiger partial charge in [-0.1, -0.05) is 17.7 Å². The summed E-state index contributed by atoms with van der Waals surface area (Å²) >= 11 is 6.09. The van der Waals surface area contributed by atoms with E-state index in [0.717, 1.165) is 16.5 Å². The van der Waals surface area contributed by atoms with E-state index in [1.165, 1.54) is 6.33 Å². The molecule has 1 aromatic carbocycles. The Morgan fingerprint density at radius 3 is 3.10 bits per heavy atom. The van der Waals surface area contributed by atoms with Crippen molar-refractivity contribution >= 4 is 45.1 Å². The van der Waals surface area contributed by atoms with Crippen LogP contribution in [0.1, 0.15) is 0 Å². The Hall–Kier alpha value is -2.60. The number of halogens is 1. The van der Waals surface area contributed by atoms with E-state index in [2.05, 4.69) is 25.5 Å². The van der Waals surface area contributed by atoms with Crippen LogP contribution in [0.25, 0.3) is 22.0 Å². The van der Waals surface area contributed by atoms with Gasteiger partial charge in [-0.15, -0.1) is 0 Å². The van der Waals surface area contributed by atoms with Gasteiger partial charge >= 0.3 is 0 Å². The number of nitrogens with one attached hydrogen (secondary N) is 2. The van der Waals surface area contributed by atoms with Gasteiger partial charge in [0.05, 0.1) is 22.3 Å². The van der Waals surface area contributed by atoms with Crippen molar-refractivity contribution in [2.24, 2.45) is 0 Å². The van der Waals surface area contributed by atoms with Crippen molar-refractivity contribution in [3.63, 3.8) is 0 Å². The third kappa shape index (κ3) is 1.62. The standard InChI is InChI=1S/C13H8ClN5O/c14-9-3-1-2-7-10(5-20-11(7)9)18-12-8-4-17-19-13(8)16-6-15-12/h1-6H,(H2,15,16,17,18,19). The van der Waals surface area contributed by atoms with Crippen LogP contribution in [0.4, 0.5) is 11.5 Å². The van der Waals surface area contributed by atoms with E-state index in [1.807, 2.05) is 12.1 Å². The van der Waals surface area contributed by atoms with Gasteiger partial charge in [0.25, 0.3) is 0 Å². The molecule has 6 nitrogen and oxygen atoms in total. The first-order valence-electron chi connectivity index (χ1n) is 5.90. The van der Waals surface area contributed by atoms with Crippen LogP contribution in [0.2, 0.25) is 5.02 Å². The first-order valence-corrected chi connectivity index (χ1v) is 6.27. The van der Waals surface area contributed by atoms with E-state index in [9.17, 15) is 0 Å². The lowest BCUT2D eigenvalue weighted by Crippen LogP contribution is -1.94. The second-order valence-corrected chi connectivity index (χ2v) is 4.65. The first-order chi connectivity index (χ1) is 9.83. The second-order valence-electron chi connectivity index (χ2n) is 4.25. The molecule has 0 amide bonds. The van der Waals surface area contributed by atoms with Gasteiger partial charge in [0.1, 0.15) is 18.4 Å². The number of para-hydroxylation sites is 1. The Labute approximate surface area is 117 Å². The monoisotopic (exact) mass is 285 g/mol. The smallest absolute Gasteiger partial charge is 0.160 e. The van der Waals surface area contributed by atoms with Crippen molar-refractivity contribution in [2.45, 2.75) is 0 Å². The third-order valence-corrected chi connectivity index (χ3v) is 3.35. The van der Waals surface area contributed by atoms with Crippen LogP contribution in [-0.4, -0.2) is 20.2 Å². The minimum atomic E-state index is 0.576. The van der Waals surface area contributed by atoms with Gasteiger partial charge in [-0.25, -0.2) is 9.97 Å². The Morgan fingerprint density at radius 2 is 2.15 bits per heavy atom. The number of aromatic nitrogens is 4. The molecule has 2 N–H and O–H groups in total. The maximum absolute atomic E-state index is 6.09. The topological polar surface area (TPSA) is 79.6 Å². The largest absolute Gasteiger partial charge is 0.461 e. The van der Waals surface area contributed by atoms with Crippen LogP contribution in [0, 0.1) is 0 Å². The van der Waals surface area contributed by atoms with Crippen molar-refractivity contribution in [1.82, 2.24) is 20.2 Å². The van der Waals surface area contributed by atoms with Gasteiger partial charge < -0.3 is 9.73 Å². The number of rotatable bonds is 2. The molecule has 3 heterocycles. The molecule has 0 fully saturated rings. The Bertz CT molecular complexity index is 913. The number of hydrogen-bond donors (Lipinski definition) is 2. The summed E-state index contributed by atoms with van der Waals surface area (Å²) in [6.45, 7) is 0. The summed E-state index contributed by atoms with van der Waals surface area (Å²) in [5, 5.41) is 12.3. The molecule has 4 aromatic rings. The minimum Gasteiger partial charge on any atom is -0.461 e. The molecule has 0 aliphatic carbocycles. The van der Waals surface area contributed by atoms with E-state index < -0.39 is 0 Å². The number of nitrogens with zero attached hydrogens (tertiary/aromatic N) is 3. The molecule has 98 valence electrons. The molecule has 0 spiro atoms. The molecular formula is C13H8ClN5O. The summed E-state index contributed by atoms with van der Waals surface area (Å²) in [4.78, 5) is 8.32. The Morgan fingerprint density at radius 1 is 1.20 bits per heavy atom. The molecule has 3 aromatic heterocycles. The maximum atomic E-state index is 6.09. The highest BCUT2D eigenvalue weighted by atomic mass is 35.5. The Balaban J connectivity index is 1.85. The average Bonchev–Trinajstić information content (AvgIpc) is 3.07. The predicted octanol–water partition coefficient (Wildman–Crippen LogP) is 3.50. The molecule has 4 rings (SSSR count). The van der Waals surface area contributed by atoms with Crippen LogP contribution >= 0.6 is 11.6 Å². The lowest BCUT2D eigenvalue weighted by Gasteiger charge is -2.03.